The van der Waals surface area contributed by atoms with Gasteiger partial charge in [0.05, 0.1) is 0 Å². The van der Waals surface area contributed by atoms with Gasteiger partial charge in [0.25, 0.3) is 0 Å². The smallest absolute Gasteiger partial charge is 0.241 e. The number of hydrogen-bond acceptors (Lipinski definition) is 2. The normalized spacial score (nSPS) is 28.1. The Morgan fingerprint density at radius 1 is 1.57 bits per heavy atom. The molecule has 2 atom stereocenters. The van der Waals surface area contributed by atoms with E-state index in [2.05, 4.69) is 5.32 Å². The molecule has 1 fully saturated rings. The van der Waals surface area contributed by atoms with Crippen LogP contribution in [0.3, 0.4) is 0 Å². The lowest BCUT2D eigenvalue weighted by atomic mass is 9.94. The van der Waals surface area contributed by atoms with Gasteiger partial charge in [0.15, 0.2) is 0 Å². The molecule has 1 saturated carbocycles. The van der Waals surface area contributed by atoms with Crippen LogP contribution in [-0.2, 0) is 4.79 Å². The fourth-order valence-corrected chi connectivity index (χ4v) is 1.73. The summed E-state index contributed by atoms with van der Waals surface area (Å²) in [5.74, 6) is -0.446. The Kier molecular flexibility index (Phi) is 4.59. The zero-order chi connectivity index (χ0) is 10.4. The third-order valence-corrected chi connectivity index (χ3v) is 2.42. The lowest BCUT2D eigenvalue weighted by molar-refractivity contribution is -0.113. The monoisotopic (exact) mass is 200 g/mol. The molecule has 3 nitrogen and oxygen atoms in total. The number of hydrogen-bond donors (Lipinski definition) is 2. The van der Waals surface area contributed by atoms with E-state index in [1.165, 1.54) is 6.08 Å². The largest absolute Gasteiger partial charge is 0.366 e. The standard InChI is InChI=1S/C10H17FN2O/c11-8-3-1-4-9(7-8)13-6-2-5-10(12)14/h2,5,8-9,13H,1,3-4,6-7H2,(H2,12,14)/t8-,9+/m1/s1. The molecule has 0 spiro atoms. The first kappa shape index (κ1) is 11.2. The van der Waals surface area contributed by atoms with E-state index < -0.39 is 12.1 Å². The molecule has 4 heteroatoms. The second-order valence-corrected chi connectivity index (χ2v) is 3.67. The molecular formula is C10H17FN2O. The molecule has 1 amide bonds. The molecule has 0 aromatic rings. The average Bonchev–Trinajstić information content (AvgIpc) is 2.12. The molecule has 80 valence electrons. The number of carbonyl (C=O) groups is 1. The van der Waals surface area contributed by atoms with Gasteiger partial charge >= 0.3 is 0 Å². The summed E-state index contributed by atoms with van der Waals surface area (Å²) in [6.45, 7) is 0.584. The zero-order valence-electron chi connectivity index (χ0n) is 8.21. The van der Waals surface area contributed by atoms with Crippen molar-refractivity contribution in [3.63, 3.8) is 0 Å². The minimum Gasteiger partial charge on any atom is -0.366 e. The second-order valence-electron chi connectivity index (χ2n) is 3.67. The van der Waals surface area contributed by atoms with E-state index in [0.717, 1.165) is 12.8 Å². The van der Waals surface area contributed by atoms with Crippen LogP contribution in [0.5, 0.6) is 0 Å². The summed E-state index contributed by atoms with van der Waals surface area (Å²) in [6, 6.07) is 0.247. The molecule has 0 radical (unpaired) electrons. The molecule has 0 aliphatic heterocycles. The molecule has 14 heavy (non-hydrogen) atoms. The minimum atomic E-state index is -0.665. The van der Waals surface area contributed by atoms with Gasteiger partial charge in [0.1, 0.15) is 6.17 Å². The van der Waals surface area contributed by atoms with Gasteiger partial charge in [0, 0.05) is 12.6 Å². The fraction of sp³-hybridized carbons (Fsp3) is 0.700. The van der Waals surface area contributed by atoms with Crippen LogP contribution in [0.2, 0.25) is 0 Å². The Balaban J connectivity index is 2.14. The summed E-state index contributed by atoms with van der Waals surface area (Å²) in [5, 5.41) is 3.17. The maximum absolute atomic E-state index is 12.9. The Hall–Kier alpha value is -0.900. The topological polar surface area (TPSA) is 55.1 Å². The third-order valence-electron chi connectivity index (χ3n) is 2.42. The van der Waals surface area contributed by atoms with Crippen molar-refractivity contribution in [3.8, 4) is 0 Å². The van der Waals surface area contributed by atoms with Crippen molar-refractivity contribution in [2.24, 2.45) is 5.73 Å². The summed E-state index contributed by atoms with van der Waals surface area (Å²) >= 11 is 0. The van der Waals surface area contributed by atoms with Crippen LogP contribution >= 0.6 is 0 Å². The first-order valence-corrected chi connectivity index (χ1v) is 5.02. The molecule has 0 unspecified atom stereocenters. The summed E-state index contributed by atoms with van der Waals surface area (Å²) in [4.78, 5) is 10.4. The fourth-order valence-electron chi connectivity index (χ4n) is 1.73. The van der Waals surface area contributed by atoms with E-state index in [9.17, 15) is 9.18 Å². The van der Waals surface area contributed by atoms with Gasteiger partial charge in [-0.05, 0) is 31.8 Å². The quantitative estimate of drug-likeness (QED) is 0.662. The van der Waals surface area contributed by atoms with Crippen LogP contribution in [0.25, 0.3) is 0 Å². The minimum absolute atomic E-state index is 0.247. The molecule has 0 aromatic heterocycles. The van der Waals surface area contributed by atoms with E-state index in [-0.39, 0.29) is 6.04 Å². The number of rotatable bonds is 4. The summed E-state index contributed by atoms with van der Waals surface area (Å²) in [5.41, 5.74) is 4.92. The number of alkyl halides is 1. The van der Waals surface area contributed by atoms with Crippen molar-refractivity contribution in [3.05, 3.63) is 12.2 Å². The highest BCUT2D eigenvalue weighted by atomic mass is 19.1. The molecule has 0 aromatic carbocycles. The number of primary amides is 1. The van der Waals surface area contributed by atoms with Crippen LogP contribution in [0, 0.1) is 0 Å². The van der Waals surface area contributed by atoms with Crippen molar-refractivity contribution in [1.29, 1.82) is 0 Å². The summed E-state index contributed by atoms with van der Waals surface area (Å²) in [7, 11) is 0. The molecule has 0 saturated heterocycles. The SMILES string of the molecule is NC(=O)C=CCN[C@H]1CCC[C@@H](F)C1. The van der Waals surface area contributed by atoms with Crippen LogP contribution in [0.1, 0.15) is 25.7 Å². The first-order valence-electron chi connectivity index (χ1n) is 5.02. The molecule has 0 bridgehead atoms. The maximum Gasteiger partial charge on any atom is 0.241 e. The van der Waals surface area contributed by atoms with E-state index in [4.69, 9.17) is 5.73 Å². The van der Waals surface area contributed by atoms with E-state index in [1.807, 2.05) is 0 Å². The van der Waals surface area contributed by atoms with Crippen molar-refractivity contribution in [2.75, 3.05) is 6.54 Å². The highest BCUT2D eigenvalue weighted by Crippen LogP contribution is 2.20. The number of halogens is 1. The van der Waals surface area contributed by atoms with Gasteiger partial charge in [-0.25, -0.2) is 4.39 Å². The van der Waals surface area contributed by atoms with Crippen molar-refractivity contribution in [2.45, 2.75) is 37.9 Å². The number of amides is 1. The zero-order valence-corrected chi connectivity index (χ0v) is 8.21. The highest BCUT2D eigenvalue weighted by Gasteiger charge is 2.20. The Labute approximate surface area is 83.5 Å². The Morgan fingerprint density at radius 3 is 3.00 bits per heavy atom. The van der Waals surface area contributed by atoms with Crippen LogP contribution in [0.15, 0.2) is 12.2 Å². The lowest BCUT2D eigenvalue weighted by Crippen LogP contribution is -2.34. The van der Waals surface area contributed by atoms with Crippen LogP contribution in [0.4, 0.5) is 4.39 Å². The van der Waals surface area contributed by atoms with E-state index in [0.29, 0.717) is 19.4 Å². The van der Waals surface area contributed by atoms with Gasteiger partial charge in [0.2, 0.25) is 5.91 Å². The molecule has 1 aliphatic carbocycles. The van der Waals surface area contributed by atoms with Gasteiger partial charge < -0.3 is 11.1 Å². The lowest BCUT2D eigenvalue weighted by Gasteiger charge is -2.24. The Bertz CT molecular complexity index is 218. The number of nitrogens with one attached hydrogen (secondary N) is 1. The van der Waals surface area contributed by atoms with Gasteiger partial charge in [-0.15, -0.1) is 0 Å². The third kappa shape index (κ3) is 4.37. The first-order chi connectivity index (χ1) is 6.68. The van der Waals surface area contributed by atoms with Gasteiger partial charge in [-0.2, -0.15) is 0 Å². The summed E-state index contributed by atoms with van der Waals surface area (Å²) in [6.07, 6.45) is 5.57. The Morgan fingerprint density at radius 2 is 2.36 bits per heavy atom. The van der Waals surface area contributed by atoms with E-state index >= 15 is 0 Å². The van der Waals surface area contributed by atoms with Crippen molar-refractivity contribution < 1.29 is 9.18 Å². The predicted octanol–water partition coefficient (Wildman–Crippen LogP) is 0.898. The van der Waals surface area contributed by atoms with Crippen LogP contribution < -0.4 is 11.1 Å². The van der Waals surface area contributed by atoms with Gasteiger partial charge in [-0.3, -0.25) is 4.79 Å². The van der Waals surface area contributed by atoms with Crippen LogP contribution in [-0.4, -0.2) is 24.7 Å². The number of nitrogens with two attached hydrogens (primary N) is 1. The molecule has 0 heterocycles. The van der Waals surface area contributed by atoms with E-state index in [1.54, 1.807) is 6.08 Å². The summed E-state index contributed by atoms with van der Waals surface area (Å²) < 4.78 is 12.9. The molecule has 1 rings (SSSR count). The molecule has 1 aliphatic rings. The average molecular weight is 200 g/mol. The predicted molar refractivity (Wildman–Crippen MR) is 53.5 cm³/mol. The second kappa shape index (κ2) is 5.75. The molecule has 3 N–H and O–H groups in total. The maximum atomic E-state index is 12.9. The van der Waals surface area contributed by atoms with Gasteiger partial charge in [-0.1, -0.05) is 6.08 Å². The number of carbonyl (C=O) groups excluding carboxylic acids is 1. The van der Waals surface area contributed by atoms with Crippen molar-refractivity contribution >= 4 is 5.91 Å². The molecular weight excluding hydrogens is 183 g/mol. The van der Waals surface area contributed by atoms with Crippen molar-refractivity contribution in [1.82, 2.24) is 5.32 Å². The highest BCUT2D eigenvalue weighted by molar-refractivity contribution is 5.85.